The Hall–Kier alpha value is -3.45. The van der Waals surface area contributed by atoms with Crippen molar-refractivity contribution in [2.24, 2.45) is 0 Å². The molecule has 0 fully saturated rings. The van der Waals surface area contributed by atoms with Gasteiger partial charge in [-0.1, -0.05) is 48.0 Å². The average Bonchev–Trinajstić information content (AvgIpc) is 3.22. The maximum Gasteiger partial charge on any atom is 0.236 e. The van der Waals surface area contributed by atoms with Crippen molar-refractivity contribution in [3.8, 4) is 11.5 Å². The molecule has 3 aromatic carbocycles. The first-order chi connectivity index (χ1) is 14.8. The number of halogens is 1. The van der Waals surface area contributed by atoms with Crippen LogP contribution in [0.1, 0.15) is 11.1 Å². The molecule has 0 atom stereocenters. The van der Waals surface area contributed by atoms with Gasteiger partial charge >= 0.3 is 0 Å². The van der Waals surface area contributed by atoms with Crippen molar-refractivity contribution in [1.29, 1.82) is 0 Å². The Bertz CT molecular complexity index is 1300. The van der Waals surface area contributed by atoms with E-state index >= 15 is 0 Å². The first kappa shape index (κ1) is 20.8. The van der Waals surface area contributed by atoms with E-state index in [1.165, 1.54) is 12.1 Å². The Balaban J connectivity index is 1.83. The molecule has 0 aliphatic carbocycles. The molecule has 0 saturated heterocycles. The summed E-state index contributed by atoms with van der Waals surface area (Å²) in [6, 6.07) is 21.8. The van der Waals surface area contributed by atoms with Crippen LogP contribution in [0.2, 0.25) is 0 Å². The van der Waals surface area contributed by atoms with Crippen LogP contribution in [0.4, 0.5) is 10.3 Å². The van der Waals surface area contributed by atoms with Crippen molar-refractivity contribution in [2.45, 2.75) is 23.4 Å². The molecular weight excluding hydrogens is 415 g/mol. The minimum atomic E-state index is -4.03. The molecule has 0 aliphatic rings. The molecule has 1 aromatic heterocycles. The van der Waals surface area contributed by atoms with Gasteiger partial charge in [0.25, 0.3) is 0 Å². The molecule has 0 aliphatic heterocycles. The van der Waals surface area contributed by atoms with E-state index in [1.807, 2.05) is 61.5 Å². The van der Waals surface area contributed by atoms with E-state index in [0.717, 1.165) is 23.3 Å². The second-order valence-corrected chi connectivity index (χ2v) is 9.16. The van der Waals surface area contributed by atoms with Crippen molar-refractivity contribution in [3.05, 3.63) is 95.8 Å². The van der Waals surface area contributed by atoms with Gasteiger partial charge in [-0.2, -0.15) is 4.98 Å². The monoisotopic (exact) mass is 436 g/mol. The summed E-state index contributed by atoms with van der Waals surface area (Å²) in [7, 11) is -2.29. The number of nitrogens with zero attached hydrogens (tertiary/aromatic N) is 2. The predicted octanol–water partition coefficient (Wildman–Crippen LogP) is 5.26. The van der Waals surface area contributed by atoms with E-state index in [4.69, 9.17) is 4.42 Å². The number of sulfone groups is 1. The molecule has 0 spiro atoms. The molecule has 0 N–H and O–H groups in total. The number of aromatic nitrogens is 1. The van der Waals surface area contributed by atoms with Gasteiger partial charge < -0.3 is 9.32 Å². The molecule has 158 valence electrons. The van der Waals surface area contributed by atoms with Gasteiger partial charge in [0.1, 0.15) is 5.82 Å². The summed E-state index contributed by atoms with van der Waals surface area (Å²) in [5.74, 6) is -0.176. The zero-order valence-electron chi connectivity index (χ0n) is 17.1. The summed E-state index contributed by atoms with van der Waals surface area (Å²) in [5, 5.41) is -0.200. The van der Waals surface area contributed by atoms with Crippen molar-refractivity contribution in [1.82, 2.24) is 4.98 Å². The maximum atomic E-state index is 13.4. The van der Waals surface area contributed by atoms with Crippen molar-refractivity contribution in [3.63, 3.8) is 0 Å². The van der Waals surface area contributed by atoms with Crippen LogP contribution in [0.25, 0.3) is 11.5 Å². The third kappa shape index (κ3) is 4.36. The van der Waals surface area contributed by atoms with Gasteiger partial charge in [0.2, 0.25) is 26.6 Å². The highest BCUT2D eigenvalue weighted by atomic mass is 32.2. The molecule has 5 nitrogen and oxygen atoms in total. The molecule has 4 aromatic rings. The van der Waals surface area contributed by atoms with Gasteiger partial charge in [-0.25, -0.2) is 12.8 Å². The minimum absolute atomic E-state index is 0.0487. The Labute approximate surface area is 180 Å². The number of benzene rings is 3. The van der Waals surface area contributed by atoms with E-state index in [1.54, 1.807) is 11.9 Å². The SMILES string of the molecule is Cc1cccc(-c2nc(S(=O)(=O)c3ccc(F)cc3)c(N(C)Cc3ccccc3)o2)c1. The smallest absolute Gasteiger partial charge is 0.236 e. The topological polar surface area (TPSA) is 63.4 Å². The van der Waals surface area contributed by atoms with Crippen LogP contribution in [0, 0.1) is 12.7 Å². The maximum absolute atomic E-state index is 13.4. The summed E-state index contributed by atoms with van der Waals surface area (Å²) in [4.78, 5) is 6.02. The quantitative estimate of drug-likeness (QED) is 0.386. The van der Waals surface area contributed by atoms with E-state index in [0.29, 0.717) is 12.1 Å². The van der Waals surface area contributed by atoms with Crippen LogP contribution in [0.15, 0.2) is 93.2 Å². The van der Waals surface area contributed by atoms with Crippen molar-refractivity contribution in [2.75, 3.05) is 11.9 Å². The molecule has 0 unspecified atom stereocenters. The summed E-state index contributed by atoms with van der Waals surface area (Å²) in [5.41, 5.74) is 2.66. The third-order valence-electron chi connectivity index (χ3n) is 4.83. The molecule has 31 heavy (non-hydrogen) atoms. The fourth-order valence-corrected chi connectivity index (χ4v) is 4.62. The first-order valence-electron chi connectivity index (χ1n) is 9.68. The number of rotatable bonds is 6. The molecule has 4 rings (SSSR count). The molecule has 0 amide bonds. The van der Waals surface area contributed by atoms with Crippen molar-refractivity contribution >= 4 is 15.7 Å². The number of aryl methyl sites for hydroxylation is 1. The lowest BCUT2D eigenvalue weighted by Crippen LogP contribution is -2.18. The predicted molar refractivity (Wildman–Crippen MR) is 117 cm³/mol. The number of oxazole rings is 1. The van der Waals surface area contributed by atoms with Gasteiger partial charge in [0, 0.05) is 19.2 Å². The zero-order valence-corrected chi connectivity index (χ0v) is 17.9. The Morgan fingerprint density at radius 2 is 1.68 bits per heavy atom. The highest BCUT2D eigenvalue weighted by Crippen LogP contribution is 2.35. The molecule has 0 radical (unpaired) electrons. The Kier molecular flexibility index (Phi) is 5.61. The van der Waals surface area contributed by atoms with Gasteiger partial charge in [0.05, 0.1) is 4.90 Å². The normalized spacial score (nSPS) is 11.5. The largest absolute Gasteiger partial charge is 0.419 e. The highest BCUT2D eigenvalue weighted by molar-refractivity contribution is 7.91. The lowest BCUT2D eigenvalue weighted by molar-refractivity contribution is 0.554. The number of anilines is 1. The summed E-state index contributed by atoms with van der Waals surface area (Å²) < 4.78 is 46.1. The average molecular weight is 437 g/mol. The van der Waals surface area contributed by atoms with Gasteiger partial charge in [-0.3, -0.25) is 0 Å². The van der Waals surface area contributed by atoms with Crippen LogP contribution in [-0.4, -0.2) is 20.4 Å². The molecule has 0 bridgehead atoms. The van der Waals surface area contributed by atoms with Gasteiger partial charge in [-0.05, 0) is 48.9 Å². The van der Waals surface area contributed by atoms with Crippen LogP contribution in [-0.2, 0) is 16.4 Å². The second-order valence-electron chi connectivity index (χ2n) is 7.30. The van der Waals surface area contributed by atoms with Crippen LogP contribution in [0.3, 0.4) is 0 Å². The van der Waals surface area contributed by atoms with Gasteiger partial charge in [-0.15, -0.1) is 0 Å². The number of hydrogen-bond donors (Lipinski definition) is 0. The van der Waals surface area contributed by atoms with Crippen LogP contribution >= 0.6 is 0 Å². The van der Waals surface area contributed by atoms with Crippen LogP contribution < -0.4 is 4.90 Å². The van der Waals surface area contributed by atoms with E-state index in [2.05, 4.69) is 4.98 Å². The van der Waals surface area contributed by atoms with Crippen molar-refractivity contribution < 1.29 is 17.2 Å². The Morgan fingerprint density at radius 3 is 2.35 bits per heavy atom. The molecule has 1 heterocycles. The summed E-state index contributed by atoms with van der Waals surface area (Å²) >= 11 is 0. The molecule has 0 saturated carbocycles. The Morgan fingerprint density at radius 1 is 0.968 bits per heavy atom. The lowest BCUT2D eigenvalue weighted by Gasteiger charge is -2.17. The van der Waals surface area contributed by atoms with Gasteiger partial charge in [0.15, 0.2) is 0 Å². The third-order valence-corrected chi connectivity index (χ3v) is 6.50. The lowest BCUT2D eigenvalue weighted by atomic mass is 10.1. The number of hydrogen-bond acceptors (Lipinski definition) is 5. The van der Waals surface area contributed by atoms with E-state index < -0.39 is 15.7 Å². The second kappa shape index (κ2) is 8.35. The fraction of sp³-hybridized carbons (Fsp3) is 0.125. The highest BCUT2D eigenvalue weighted by Gasteiger charge is 2.30. The molecular formula is C24H21FN2O3S. The molecule has 7 heteroatoms. The minimum Gasteiger partial charge on any atom is -0.419 e. The summed E-state index contributed by atoms with van der Waals surface area (Å²) in [6.07, 6.45) is 0. The van der Waals surface area contributed by atoms with E-state index in [9.17, 15) is 12.8 Å². The fourth-order valence-electron chi connectivity index (χ4n) is 3.27. The summed E-state index contributed by atoms with van der Waals surface area (Å²) in [6.45, 7) is 2.36. The van der Waals surface area contributed by atoms with E-state index in [-0.39, 0.29) is 21.7 Å². The van der Waals surface area contributed by atoms with Crippen LogP contribution in [0.5, 0.6) is 0 Å². The first-order valence-corrected chi connectivity index (χ1v) is 11.2. The zero-order chi connectivity index (χ0) is 22.0. The standard InChI is InChI=1S/C24H21FN2O3S/c1-17-7-6-10-19(15-17)22-26-23(31(28,29)21-13-11-20(25)12-14-21)24(30-22)27(2)16-18-8-4-3-5-9-18/h3-15H,16H2,1-2H3.